The quantitative estimate of drug-likeness (QED) is 0.726. The van der Waals surface area contributed by atoms with Gasteiger partial charge in [0.15, 0.2) is 0 Å². The molecule has 0 saturated carbocycles. The zero-order valence-corrected chi connectivity index (χ0v) is 13.3. The topological polar surface area (TPSA) is 12.0 Å². The van der Waals surface area contributed by atoms with Crippen LogP contribution in [0, 0.1) is 5.82 Å². The molecule has 20 heavy (non-hydrogen) atoms. The largest absolute Gasteiger partial charge is 0.309 e. The molecule has 1 heterocycles. The van der Waals surface area contributed by atoms with Crippen LogP contribution >= 0.6 is 22.9 Å². The highest BCUT2D eigenvalue weighted by Gasteiger charge is 2.12. The SMILES string of the molecule is CCCNC(CC)c1ccc(-c2ccc(F)c(Cl)c2)s1. The first-order chi connectivity index (χ1) is 9.65. The molecule has 0 amide bonds. The molecule has 1 aromatic carbocycles. The molecule has 0 fully saturated rings. The maximum absolute atomic E-state index is 13.2. The molecule has 0 aliphatic rings. The maximum atomic E-state index is 13.2. The van der Waals surface area contributed by atoms with E-state index < -0.39 is 0 Å². The van der Waals surface area contributed by atoms with E-state index in [0.29, 0.717) is 6.04 Å². The van der Waals surface area contributed by atoms with Gasteiger partial charge in [-0.2, -0.15) is 0 Å². The van der Waals surface area contributed by atoms with Gasteiger partial charge in [-0.1, -0.05) is 31.5 Å². The number of hydrogen-bond donors (Lipinski definition) is 1. The van der Waals surface area contributed by atoms with Crippen molar-refractivity contribution in [2.45, 2.75) is 32.7 Å². The maximum Gasteiger partial charge on any atom is 0.141 e. The third kappa shape index (κ3) is 3.60. The lowest BCUT2D eigenvalue weighted by molar-refractivity contribution is 0.525. The summed E-state index contributed by atoms with van der Waals surface area (Å²) in [5.41, 5.74) is 0.970. The summed E-state index contributed by atoms with van der Waals surface area (Å²) in [7, 11) is 0. The number of halogens is 2. The van der Waals surface area contributed by atoms with E-state index in [0.717, 1.165) is 29.8 Å². The zero-order valence-electron chi connectivity index (χ0n) is 11.7. The van der Waals surface area contributed by atoms with Gasteiger partial charge in [-0.3, -0.25) is 0 Å². The second-order valence-electron chi connectivity index (χ2n) is 4.75. The Morgan fingerprint density at radius 3 is 2.70 bits per heavy atom. The molecule has 1 nitrogen and oxygen atoms in total. The lowest BCUT2D eigenvalue weighted by atomic mass is 10.1. The van der Waals surface area contributed by atoms with Crippen molar-refractivity contribution in [1.29, 1.82) is 0 Å². The van der Waals surface area contributed by atoms with Crippen LogP contribution in [0.3, 0.4) is 0 Å². The van der Waals surface area contributed by atoms with Crippen molar-refractivity contribution in [2.75, 3.05) is 6.54 Å². The molecule has 0 saturated heterocycles. The average molecular weight is 312 g/mol. The minimum atomic E-state index is -0.372. The van der Waals surface area contributed by atoms with E-state index in [-0.39, 0.29) is 10.8 Å². The second-order valence-corrected chi connectivity index (χ2v) is 6.27. The minimum absolute atomic E-state index is 0.175. The van der Waals surface area contributed by atoms with Gasteiger partial charge in [0.2, 0.25) is 0 Å². The highest BCUT2D eigenvalue weighted by Crippen LogP contribution is 2.34. The molecule has 0 aliphatic carbocycles. The molecule has 1 N–H and O–H groups in total. The Labute approximate surface area is 128 Å². The van der Waals surface area contributed by atoms with Crippen LogP contribution in [0.25, 0.3) is 10.4 Å². The van der Waals surface area contributed by atoms with E-state index in [1.165, 1.54) is 10.9 Å². The summed E-state index contributed by atoms with van der Waals surface area (Å²) in [5, 5.41) is 3.72. The third-order valence-electron chi connectivity index (χ3n) is 3.22. The van der Waals surface area contributed by atoms with E-state index in [1.807, 2.05) is 0 Å². The van der Waals surface area contributed by atoms with Crippen molar-refractivity contribution in [3.63, 3.8) is 0 Å². The average Bonchev–Trinajstić information content (AvgIpc) is 2.92. The van der Waals surface area contributed by atoms with Gasteiger partial charge in [-0.05, 0) is 49.2 Å². The predicted molar refractivity (Wildman–Crippen MR) is 86.0 cm³/mol. The van der Waals surface area contributed by atoms with Crippen LogP contribution in [0.5, 0.6) is 0 Å². The number of rotatable bonds is 6. The van der Waals surface area contributed by atoms with Crippen molar-refractivity contribution in [3.05, 3.63) is 46.0 Å². The summed E-state index contributed by atoms with van der Waals surface area (Å²) in [6.07, 6.45) is 2.19. The van der Waals surface area contributed by atoms with Gasteiger partial charge in [0, 0.05) is 15.8 Å². The fraction of sp³-hybridized carbons (Fsp3) is 0.375. The lowest BCUT2D eigenvalue weighted by Crippen LogP contribution is -2.20. The van der Waals surface area contributed by atoms with Gasteiger partial charge in [0.05, 0.1) is 5.02 Å². The summed E-state index contributed by atoms with van der Waals surface area (Å²) in [6.45, 7) is 5.37. The Kier molecular flexibility index (Phi) is 5.58. The molecule has 0 aliphatic heterocycles. The van der Waals surface area contributed by atoms with E-state index in [9.17, 15) is 4.39 Å². The number of hydrogen-bond acceptors (Lipinski definition) is 2. The van der Waals surface area contributed by atoms with Gasteiger partial charge in [0.25, 0.3) is 0 Å². The lowest BCUT2D eigenvalue weighted by Gasteiger charge is -2.14. The Morgan fingerprint density at radius 2 is 2.05 bits per heavy atom. The van der Waals surface area contributed by atoms with Crippen LogP contribution in [0.1, 0.15) is 37.6 Å². The minimum Gasteiger partial charge on any atom is -0.309 e. The zero-order chi connectivity index (χ0) is 14.5. The second kappa shape index (κ2) is 7.21. The number of thiophene rings is 1. The molecule has 4 heteroatoms. The first kappa shape index (κ1) is 15.5. The molecule has 1 unspecified atom stereocenters. The first-order valence-corrected chi connectivity index (χ1v) is 8.13. The van der Waals surface area contributed by atoms with Crippen molar-refractivity contribution in [2.24, 2.45) is 0 Å². The van der Waals surface area contributed by atoms with Crippen molar-refractivity contribution >= 4 is 22.9 Å². The molecule has 2 aromatic rings. The van der Waals surface area contributed by atoms with E-state index in [1.54, 1.807) is 23.5 Å². The summed E-state index contributed by atoms with van der Waals surface area (Å²) in [5.74, 6) is -0.372. The van der Waals surface area contributed by atoms with Crippen LogP contribution in [-0.4, -0.2) is 6.54 Å². The van der Waals surface area contributed by atoms with Crippen LogP contribution in [0.2, 0.25) is 5.02 Å². The predicted octanol–water partition coefficient (Wildman–Crippen LogP) is 5.66. The van der Waals surface area contributed by atoms with Gasteiger partial charge >= 0.3 is 0 Å². The van der Waals surface area contributed by atoms with Crippen LogP contribution in [0.15, 0.2) is 30.3 Å². The van der Waals surface area contributed by atoms with Crippen molar-refractivity contribution < 1.29 is 4.39 Å². The van der Waals surface area contributed by atoms with E-state index in [2.05, 4.69) is 31.3 Å². The highest BCUT2D eigenvalue weighted by molar-refractivity contribution is 7.15. The monoisotopic (exact) mass is 311 g/mol. The normalized spacial score (nSPS) is 12.6. The molecule has 0 radical (unpaired) electrons. The van der Waals surface area contributed by atoms with Gasteiger partial charge in [-0.25, -0.2) is 4.39 Å². The Balaban J connectivity index is 2.20. The summed E-state index contributed by atoms with van der Waals surface area (Å²) in [4.78, 5) is 2.44. The van der Waals surface area contributed by atoms with Crippen molar-refractivity contribution in [1.82, 2.24) is 5.32 Å². The van der Waals surface area contributed by atoms with Gasteiger partial charge in [0.1, 0.15) is 5.82 Å². The molecular formula is C16H19ClFNS. The number of benzene rings is 1. The summed E-state index contributed by atoms with van der Waals surface area (Å²) < 4.78 is 13.2. The molecule has 2 rings (SSSR count). The summed E-state index contributed by atoms with van der Waals surface area (Å²) >= 11 is 7.59. The molecule has 108 valence electrons. The van der Waals surface area contributed by atoms with E-state index in [4.69, 9.17) is 11.6 Å². The Bertz CT molecular complexity index is 567. The fourth-order valence-corrected chi connectivity index (χ4v) is 3.45. The molecule has 1 aromatic heterocycles. The van der Waals surface area contributed by atoms with Gasteiger partial charge in [-0.15, -0.1) is 11.3 Å². The standard InChI is InChI=1S/C16H19ClFNS/c1-3-9-19-14(4-2)16-8-7-15(20-16)11-5-6-13(18)12(17)10-11/h5-8,10,14,19H,3-4,9H2,1-2H3. The summed E-state index contributed by atoms with van der Waals surface area (Å²) in [6, 6.07) is 9.51. The highest BCUT2D eigenvalue weighted by atomic mass is 35.5. The number of nitrogens with one attached hydrogen (secondary N) is 1. The molecule has 0 spiro atoms. The van der Waals surface area contributed by atoms with Crippen LogP contribution < -0.4 is 5.32 Å². The fourth-order valence-electron chi connectivity index (χ4n) is 2.11. The van der Waals surface area contributed by atoms with Crippen molar-refractivity contribution in [3.8, 4) is 10.4 Å². The third-order valence-corrected chi connectivity index (χ3v) is 4.76. The van der Waals surface area contributed by atoms with Gasteiger partial charge < -0.3 is 5.32 Å². The van der Waals surface area contributed by atoms with Crippen LogP contribution in [0.4, 0.5) is 4.39 Å². The molecular weight excluding hydrogens is 293 g/mol. The smallest absolute Gasteiger partial charge is 0.141 e. The Morgan fingerprint density at radius 1 is 1.25 bits per heavy atom. The Hall–Kier alpha value is -0.900. The van der Waals surface area contributed by atoms with E-state index >= 15 is 0 Å². The van der Waals surface area contributed by atoms with Crippen LogP contribution in [-0.2, 0) is 0 Å². The first-order valence-electron chi connectivity index (χ1n) is 6.94. The molecule has 0 bridgehead atoms. The molecule has 1 atom stereocenters.